The van der Waals surface area contributed by atoms with Crippen molar-refractivity contribution in [1.82, 2.24) is 3.94 Å². The minimum absolute atomic E-state index is 0.146. The Morgan fingerprint density at radius 1 is 1.14 bits per heavy atom. The van der Waals surface area contributed by atoms with E-state index >= 15 is 0 Å². The lowest BCUT2D eigenvalue weighted by Crippen LogP contribution is -2.47. The van der Waals surface area contributed by atoms with Crippen molar-refractivity contribution in [2.45, 2.75) is 39.7 Å². The predicted molar refractivity (Wildman–Crippen MR) is 64.4 cm³/mol. The first-order valence-electron chi connectivity index (χ1n) is 5.23. The number of nitrogens with zero attached hydrogens (tertiary/aromatic N) is 2. The van der Waals surface area contributed by atoms with Crippen molar-refractivity contribution < 1.29 is 4.48 Å². The lowest BCUT2D eigenvalue weighted by atomic mass is 10.0. The van der Waals surface area contributed by atoms with E-state index in [1.54, 1.807) is 0 Å². The molecule has 0 aromatic heterocycles. The molecule has 86 valence electrons. The molecule has 0 aliphatic carbocycles. The van der Waals surface area contributed by atoms with Crippen LogP contribution in [0.4, 0.5) is 0 Å². The van der Waals surface area contributed by atoms with Gasteiger partial charge in [-0.15, -0.1) is 3.94 Å². The summed E-state index contributed by atoms with van der Waals surface area (Å²) in [5, 5.41) is 0. The highest BCUT2D eigenvalue weighted by molar-refractivity contribution is 6.34. The van der Waals surface area contributed by atoms with Crippen molar-refractivity contribution in [2.24, 2.45) is 0 Å². The molecule has 0 rings (SSSR count). The maximum atomic E-state index is 5.78. The maximum Gasteiger partial charge on any atom is 0.0803 e. The Morgan fingerprint density at radius 3 is 1.86 bits per heavy atom. The molecule has 0 fully saturated rings. The van der Waals surface area contributed by atoms with Gasteiger partial charge in [-0.1, -0.05) is 0 Å². The molecule has 14 heavy (non-hydrogen) atoms. The van der Waals surface area contributed by atoms with Crippen LogP contribution in [0.1, 0.15) is 34.1 Å². The van der Waals surface area contributed by atoms with Gasteiger partial charge in [0.25, 0.3) is 0 Å². The molecule has 0 atom stereocenters. The second-order valence-corrected chi connectivity index (χ2v) is 5.62. The molecular formula is C10H23Cl2N2+. The zero-order valence-corrected chi connectivity index (χ0v) is 11.5. The van der Waals surface area contributed by atoms with Gasteiger partial charge in [0.1, 0.15) is 0 Å². The normalized spacial score (nSPS) is 13.7. The zero-order chi connectivity index (χ0) is 11.4. The fourth-order valence-corrected chi connectivity index (χ4v) is 1.34. The summed E-state index contributed by atoms with van der Waals surface area (Å²) < 4.78 is 2.34. The van der Waals surface area contributed by atoms with Crippen molar-refractivity contribution in [3.8, 4) is 0 Å². The van der Waals surface area contributed by atoms with Crippen molar-refractivity contribution >= 4 is 23.6 Å². The van der Waals surface area contributed by atoms with E-state index < -0.39 is 0 Å². The summed E-state index contributed by atoms with van der Waals surface area (Å²) in [7, 11) is 2.27. The third-order valence-electron chi connectivity index (χ3n) is 3.25. The van der Waals surface area contributed by atoms with Gasteiger partial charge in [0.2, 0.25) is 0 Å². The van der Waals surface area contributed by atoms with Crippen molar-refractivity contribution in [3.05, 3.63) is 0 Å². The van der Waals surface area contributed by atoms with Crippen molar-refractivity contribution in [1.29, 1.82) is 0 Å². The summed E-state index contributed by atoms with van der Waals surface area (Å²) in [6, 6.07) is 0. The Balaban J connectivity index is 4.16. The Morgan fingerprint density at radius 2 is 1.57 bits per heavy atom. The van der Waals surface area contributed by atoms with Crippen LogP contribution in [0.25, 0.3) is 0 Å². The number of hydrogen-bond acceptors (Lipinski definition) is 1. The van der Waals surface area contributed by atoms with E-state index in [0.717, 1.165) is 30.5 Å². The smallest absolute Gasteiger partial charge is 0.0803 e. The SMILES string of the molecule is CC[N+](C)(CC)CCC(C)(C)N(Cl)Cl. The van der Waals surface area contributed by atoms with Crippen molar-refractivity contribution in [3.63, 3.8) is 0 Å². The van der Waals surface area contributed by atoms with Crippen LogP contribution in [-0.2, 0) is 0 Å². The molecule has 0 spiro atoms. The number of quaternary nitrogens is 1. The Labute approximate surface area is 98.6 Å². The second-order valence-electron chi connectivity index (χ2n) is 4.77. The standard InChI is InChI=1S/C10H23Cl2N2/c1-6-14(5,7-2)9-8-10(3,4)13(11)12/h6-9H2,1-5H3/q+1. The molecule has 0 aromatic rings. The molecule has 0 radical (unpaired) electrons. The van der Waals surface area contributed by atoms with Gasteiger partial charge in [0.15, 0.2) is 0 Å². The van der Waals surface area contributed by atoms with E-state index in [0.29, 0.717) is 0 Å². The molecular weight excluding hydrogens is 219 g/mol. The van der Waals surface area contributed by atoms with Gasteiger partial charge >= 0.3 is 0 Å². The highest BCUT2D eigenvalue weighted by atomic mass is 35.5. The van der Waals surface area contributed by atoms with Gasteiger partial charge in [-0.25, -0.2) is 0 Å². The van der Waals surface area contributed by atoms with Gasteiger partial charge in [-0.3, -0.25) is 0 Å². The average Bonchev–Trinajstić information content (AvgIpc) is 2.14. The van der Waals surface area contributed by atoms with Gasteiger partial charge in [0, 0.05) is 6.42 Å². The molecule has 0 N–H and O–H groups in total. The molecule has 0 unspecified atom stereocenters. The van der Waals surface area contributed by atoms with E-state index in [2.05, 4.69) is 34.7 Å². The van der Waals surface area contributed by atoms with E-state index in [1.807, 2.05) is 0 Å². The van der Waals surface area contributed by atoms with E-state index in [1.165, 1.54) is 3.94 Å². The lowest BCUT2D eigenvalue weighted by molar-refractivity contribution is -0.906. The molecule has 0 saturated carbocycles. The van der Waals surface area contributed by atoms with Gasteiger partial charge in [0.05, 0.1) is 32.2 Å². The van der Waals surface area contributed by atoms with Gasteiger partial charge in [-0.05, 0) is 51.2 Å². The summed E-state index contributed by atoms with van der Waals surface area (Å²) >= 11 is 11.6. The van der Waals surface area contributed by atoms with Crippen LogP contribution in [0.5, 0.6) is 0 Å². The largest absolute Gasteiger partial charge is 0.326 e. The summed E-state index contributed by atoms with van der Waals surface area (Å²) in [4.78, 5) is 0. The van der Waals surface area contributed by atoms with Crippen LogP contribution in [0, 0.1) is 0 Å². The third kappa shape index (κ3) is 4.35. The van der Waals surface area contributed by atoms with E-state index in [4.69, 9.17) is 23.6 Å². The molecule has 0 aromatic carbocycles. The summed E-state index contributed by atoms with van der Waals surface area (Å²) in [6.07, 6.45) is 0.998. The van der Waals surface area contributed by atoms with Crippen LogP contribution in [0.2, 0.25) is 0 Å². The van der Waals surface area contributed by atoms with Crippen LogP contribution in [0.3, 0.4) is 0 Å². The molecule has 0 aliphatic heterocycles. The first-order chi connectivity index (χ1) is 6.27. The first-order valence-corrected chi connectivity index (χ1v) is 5.90. The highest BCUT2D eigenvalue weighted by Crippen LogP contribution is 2.24. The van der Waals surface area contributed by atoms with Crippen molar-refractivity contribution in [2.75, 3.05) is 26.7 Å². The summed E-state index contributed by atoms with van der Waals surface area (Å²) in [6.45, 7) is 12.0. The fraction of sp³-hybridized carbons (Fsp3) is 1.00. The Kier molecular flexibility index (Phi) is 5.75. The fourth-order valence-electron chi connectivity index (χ4n) is 1.17. The minimum atomic E-state index is -0.146. The number of hydrogen-bond donors (Lipinski definition) is 0. The molecule has 0 aliphatic rings. The van der Waals surface area contributed by atoms with Gasteiger partial charge < -0.3 is 4.48 Å². The Hall–Kier alpha value is 0.500. The molecule has 0 heterocycles. The molecule has 4 heteroatoms. The lowest BCUT2D eigenvalue weighted by Gasteiger charge is -2.36. The quantitative estimate of drug-likeness (QED) is 0.510. The van der Waals surface area contributed by atoms with E-state index in [-0.39, 0.29) is 5.54 Å². The van der Waals surface area contributed by atoms with E-state index in [9.17, 15) is 0 Å². The van der Waals surface area contributed by atoms with Crippen LogP contribution < -0.4 is 0 Å². The second kappa shape index (κ2) is 5.55. The molecule has 0 bridgehead atoms. The third-order valence-corrected chi connectivity index (χ3v) is 4.16. The minimum Gasteiger partial charge on any atom is -0.326 e. The number of rotatable bonds is 6. The zero-order valence-electron chi connectivity index (χ0n) is 9.98. The average molecular weight is 242 g/mol. The maximum absolute atomic E-state index is 5.78. The number of halogens is 2. The van der Waals surface area contributed by atoms with Gasteiger partial charge in [-0.2, -0.15) is 0 Å². The topological polar surface area (TPSA) is 3.24 Å². The molecule has 2 nitrogen and oxygen atoms in total. The van der Waals surface area contributed by atoms with Crippen LogP contribution in [-0.4, -0.2) is 40.6 Å². The highest BCUT2D eigenvalue weighted by Gasteiger charge is 2.28. The monoisotopic (exact) mass is 241 g/mol. The summed E-state index contributed by atoms with van der Waals surface area (Å²) in [5.41, 5.74) is -0.146. The molecule has 0 saturated heterocycles. The van der Waals surface area contributed by atoms with Crippen LogP contribution in [0.15, 0.2) is 0 Å². The van der Waals surface area contributed by atoms with Crippen LogP contribution >= 0.6 is 23.6 Å². The first kappa shape index (κ1) is 14.5. The Bertz CT molecular complexity index is 161. The summed E-state index contributed by atoms with van der Waals surface area (Å²) in [5.74, 6) is 0. The predicted octanol–water partition coefficient (Wildman–Crippen LogP) is 3.25. The molecule has 0 amide bonds.